The first-order valence-electron chi connectivity index (χ1n) is 8.57. The number of nitrogens with one attached hydrogen (secondary N) is 3. The topological polar surface area (TPSA) is 85.8 Å². The molecule has 1 heterocycles. The van der Waals surface area contributed by atoms with Crippen molar-refractivity contribution in [1.82, 2.24) is 20.9 Å². The van der Waals surface area contributed by atoms with E-state index in [4.69, 9.17) is 0 Å². The highest BCUT2D eigenvalue weighted by Gasteiger charge is 2.27. The van der Waals surface area contributed by atoms with Crippen molar-refractivity contribution in [2.75, 3.05) is 26.2 Å². The molecule has 0 spiro atoms. The predicted octanol–water partition coefficient (Wildman–Crippen LogP) is 1.93. The van der Waals surface area contributed by atoms with Gasteiger partial charge >= 0.3 is 6.03 Å². The van der Waals surface area contributed by atoms with Crippen molar-refractivity contribution in [1.29, 1.82) is 0 Å². The Bertz CT molecular complexity index is 413. The summed E-state index contributed by atoms with van der Waals surface area (Å²) in [5.41, 5.74) is 0. The maximum atomic E-state index is 11.5. The van der Waals surface area contributed by atoms with Crippen LogP contribution in [0.1, 0.15) is 47.0 Å². The van der Waals surface area contributed by atoms with E-state index in [2.05, 4.69) is 41.7 Å². The van der Waals surface area contributed by atoms with E-state index in [9.17, 15) is 9.59 Å². The SMILES string of the molecule is CCNC(=NCCN1C(=O)CNC1=O)NC(C)CCCC(C)C.I. The summed E-state index contributed by atoms with van der Waals surface area (Å²) in [5, 5.41) is 9.07. The molecular weight excluding hydrogens is 421 g/mol. The molecule has 140 valence electrons. The Labute approximate surface area is 162 Å². The average Bonchev–Trinajstić information content (AvgIpc) is 2.78. The van der Waals surface area contributed by atoms with Crippen LogP contribution in [0.25, 0.3) is 0 Å². The zero-order chi connectivity index (χ0) is 17.2. The molecule has 1 atom stereocenters. The number of halogens is 1. The van der Waals surface area contributed by atoms with Gasteiger partial charge < -0.3 is 16.0 Å². The summed E-state index contributed by atoms with van der Waals surface area (Å²) in [5.74, 6) is 1.27. The van der Waals surface area contributed by atoms with Gasteiger partial charge in [0.15, 0.2) is 5.96 Å². The maximum absolute atomic E-state index is 11.5. The molecule has 1 rings (SSSR count). The second kappa shape index (κ2) is 12.3. The molecule has 1 saturated heterocycles. The Morgan fingerprint density at radius 2 is 2.00 bits per heavy atom. The van der Waals surface area contributed by atoms with Crippen LogP contribution in [0.2, 0.25) is 0 Å². The van der Waals surface area contributed by atoms with Crippen LogP contribution in [0.3, 0.4) is 0 Å². The van der Waals surface area contributed by atoms with Crippen LogP contribution in [0.4, 0.5) is 4.79 Å². The minimum absolute atomic E-state index is 0. The average molecular weight is 453 g/mol. The van der Waals surface area contributed by atoms with Crippen molar-refractivity contribution in [2.24, 2.45) is 10.9 Å². The van der Waals surface area contributed by atoms with E-state index >= 15 is 0 Å². The maximum Gasteiger partial charge on any atom is 0.324 e. The largest absolute Gasteiger partial charge is 0.357 e. The smallest absolute Gasteiger partial charge is 0.324 e. The number of carbonyl (C=O) groups is 2. The molecule has 1 fully saturated rings. The molecule has 0 aliphatic carbocycles. The summed E-state index contributed by atoms with van der Waals surface area (Å²) in [4.78, 5) is 28.6. The van der Waals surface area contributed by atoms with Crippen molar-refractivity contribution in [3.8, 4) is 0 Å². The molecule has 1 aliphatic heterocycles. The fourth-order valence-electron chi connectivity index (χ4n) is 2.40. The monoisotopic (exact) mass is 453 g/mol. The highest BCUT2D eigenvalue weighted by Crippen LogP contribution is 2.08. The highest BCUT2D eigenvalue weighted by atomic mass is 127. The van der Waals surface area contributed by atoms with Gasteiger partial charge in [0.25, 0.3) is 0 Å². The Balaban J connectivity index is 0.00000529. The van der Waals surface area contributed by atoms with Crippen molar-refractivity contribution < 1.29 is 9.59 Å². The number of carbonyl (C=O) groups excluding carboxylic acids is 2. The summed E-state index contributed by atoms with van der Waals surface area (Å²) >= 11 is 0. The number of guanidine groups is 1. The van der Waals surface area contributed by atoms with Gasteiger partial charge in [0.1, 0.15) is 0 Å². The lowest BCUT2D eigenvalue weighted by Gasteiger charge is -2.18. The molecule has 1 unspecified atom stereocenters. The number of rotatable bonds is 9. The quantitative estimate of drug-likeness (QED) is 0.216. The van der Waals surface area contributed by atoms with Crippen LogP contribution in [-0.2, 0) is 4.79 Å². The van der Waals surface area contributed by atoms with Gasteiger partial charge in [0, 0.05) is 12.6 Å². The van der Waals surface area contributed by atoms with Crippen LogP contribution in [0.15, 0.2) is 4.99 Å². The third-order valence-electron chi connectivity index (χ3n) is 3.68. The van der Waals surface area contributed by atoms with Crippen molar-refractivity contribution >= 4 is 41.9 Å². The van der Waals surface area contributed by atoms with E-state index in [1.165, 1.54) is 17.7 Å². The van der Waals surface area contributed by atoms with Crippen LogP contribution in [0, 0.1) is 5.92 Å². The first-order chi connectivity index (χ1) is 10.9. The lowest BCUT2D eigenvalue weighted by Crippen LogP contribution is -2.43. The van der Waals surface area contributed by atoms with Gasteiger partial charge in [-0.15, -0.1) is 24.0 Å². The van der Waals surface area contributed by atoms with E-state index in [0.29, 0.717) is 19.1 Å². The van der Waals surface area contributed by atoms with Gasteiger partial charge in [-0.25, -0.2) is 4.79 Å². The molecular formula is C16H32IN5O2. The zero-order valence-corrected chi connectivity index (χ0v) is 17.6. The first-order valence-corrected chi connectivity index (χ1v) is 8.57. The molecule has 0 aromatic heterocycles. The number of amides is 3. The van der Waals surface area contributed by atoms with Crippen LogP contribution < -0.4 is 16.0 Å². The third-order valence-corrected chi connectivity index (χ3v) is 3.68. The molecule has 8 heteroatoms. The van der Waals surface area contributed by atoms with Gasteiger partial charge in [0.2, 0.25) is 5.91 Å². The van der Waals surface area contributed by atoms with E-state index in [1.807, 2.05) is 6.92 Å². The first kappa shape index (κ1) is 22.9. The molecule has 1 aliphatic rings. The molecule has 7 nitrogen and oxygen atoms in total. The number of imide groups is 1. The van der Waals surface area contributed by atoms with Crippen LogP contribution in [-0.4, -0.2) is 55.0 Å². The highest BCUT2D eigenvalue weighted by molar-refractivity contribution is 14.0. The van der Waals surface area contributed by atoms with Crippen LogP contribution >= 0.6 is 24.0 Å². The van der Waals surface area contributed by atoms with Crippen molar-refractivity contribution in [3.05, 3.63) is 0 Å². The second-order valence-electron chi connectivity index (χ2n) is 6.33. The Hall–Kier alpha value is -1.06. The van der Waals surface area contributed by atoms with Crippen molar-refractivity contribution in [2.45, 2.75) is 53.0 Å². The van der Waals surface area contributed by atoms with Crippen molar-refractivity contribution in [3.63, 3.8) is 0 Å². The summed E-state index contributed by atoms with van der Waals surface area (Å²) < 4.78 is 0. The number of hydrogen-bond acceptors (Lipinski definition) is 3. The van der Waals surface area contributed by atoms with E-state index in [-0.39, 0.29) is 42.5 Å². The van der Waals surface area contributed by atoms with E-state index < -0.39 is 0 Å². The van der Waals surface area contributed by atoms with Gasteiger partial charge in [-0.3, -0.25) is 14.7 Å². The van der Waals surface area contributed by atoms with Gasteiger partial charge in [-0.2, -0.15) is 0 Å². The number of hydrogen-bond donors (Lipinski definition) is 3. The predicted molar refractivity (Wildman–Crippen MR) is 108 cm³/mol. The summed E-state index contributed by atoms with van der Waals surface area (Å²) in [6.07, 6.45) is 3.51. The summed E-state index contributed by atoms with van der Waals surface area (Å²) in [7, 11) is 0. The van der Waals surface area contributed by atoms with Gasteiger partial charge in [-0.05, 0) is 26.2 Å². The normalized spacial score (nSPS) is 16.0. The molecule has 0 radical (unpaired) electrons. The lowest BCUT2D eigenvalue weighted by molar-refractivity contribution is -0.124. The Morgan fingerprint density at radius 1 is 1.29 bits per heavy atom. The van der Waals surface area contributed by atoms with Gasteiger partial charge in [-0.1, -0.05) is 26.7 Å². The molecule has 0 bridgehead atoms. The molecule has 3 N–H and O–H groups in total. The summed E-state index contributed by atoms with van der Waals surface area (Å²) in [6.45, 7) is 10.2. The van der Waals surface area contributed by atoms with E-state index in [1.54, 1.807) is 0 Å². The van der Waals surface area contributed by atoms with Gasteiger partial charge in [0.05, 0.1) is 19.6 Å². The van der Waals surface area contributed by atoms with Crippen LogP contribution in [0.5, 0.6) is 0 Å². The minimum atomic E-state index is -0.329. The van der Waals surface area contributed by atoms with E-state index in [0.717, 1.165) is 24.8 Å². The lowest BCUT2D eigenvalue weighted by atomic mass is 10.0. The molecule has 0 saturated carbocycles. The third kappa shape index (κ3) is 8.70. The number of nitrogens with zero attached hydrogens (tertiary/aromatic N) is 2. The fraction of sp³-hybridized carbons (Fsp3) is 0.812. The number of urea groups is 1. The fourth-order valence-corrected chi connectivity index (χ4v) is 2.40. The number of aliphatic imine (C=N–C) groups is 1. The zero-order valence-electron chi connectivity index (χ0n) is 15.2. The molecule has 3 amide bonds. The minimum Gasteiger partial charge on any atom is -0.357 e. The summed E-state index contributed by atoms with van der Waals surface area (Å²) in [6, 6.07) is 0.00785. The molecule has 0 aromatic carbocycles. The Morgan fingerprint density at radius 3 is 2.54 bits per heavy atom. The molecule has 0 aromatic rings. The molecule has 24 heavy (non-hydrogen) atoms. The standard InChI is InChI=1S/C16H31N5O2.HI/c1-5-17-15(20-13(4)8-6-7-12(2)3)18-9-10-21-14(22)11-19-16(21)23;/h12-13H,5-11H2,1-4H3,(H,19,23)(H2,17,18,20);1H. The second-order valence-corrected chi connectivity index (χ2v) is 6.33. The Kier molecular flexibility index (Phi) is 11.8.